The number of nitrogens with one attached hydrogen (secondary N) is 1. The number of nitrogen functional groups attached to an aromatic ring is 1. The summed E-state index contributed by atoms with van der Waals surface area (Å²) in [4.78, 5) is -0.0866. The zero-order valence-corrected chi connectivity index (χ0v) is 14.2. The normalized spacial score (nSPS) is 23.8. The van der Waals surface area contributed by atoms with Gasteiger partial charge < -0.3 is 5.73 Å². The van der Waals surface area contributed by atoms with E-state index in [1.54, 1.807) is 0 Å². The lowest BCUT2D eigenvalue weighted by Gasteiger charge is -2.23. The maximum Gasteiger partial charge on any atom is 0.243 e. The summed E-state index contributed by atoms with van der Waals surface area (Å²) in [5.41, 5.74) is 5.95. The molecule has 2 atom stereocenters. The van der Waals surface area contributed by atoms with Gasteiger partial charge >= 0.3 is 0 Å². The highest BCUT2D eigenvalue weighted by molar-refractivity contribution is 7.89. The van der Waals surface area contributed by atoms with Gasteiger partial charge in [-0.25, -0.2) is 13.1 Å². The molecule has 4 nitrogen and oxygen atoms in total. The largest absolute Gasteiger partial charge is 0.399 e. The molecule has 21 heavy (non-hydrogen) atoms. The number of benzene rings is 1. The maximum absolute atomic E-state index is 12.6. The lowest BCUT2D eigenvalue weighted by atomic mass is 9.98. The Morgan fingerprint density at radius 3 is 2.33 bits per heavy atom. The Kier molecular flexibility index (Phi) is 5.41. The SMILES string of the molecule is CC1CCCCCC1NS(=O)(=O)c1c(Cl)cc(N)cc1Cl. The molecule has 2 rings (SSSR count). The molecule has 1 fully saturated rings. The topological polar surface area (TPSA) is 72.2 Å². The van der Waals surface area contributed by atoms with Gasteiger partial charge in [-0.2, -0.15) is 0 Å². The third-order valence-corrected chi connectivity index (χ3v) is 6.37. The van der Waals surface area contributed by atoms with Gasteiger partial charge in [-0.1, -0.05) is 49.4 Å². The van der Waals surface area contributed by atoms with Gasteiger partial charge in [0.05, 0.1) is 10.0 Å². The highest BCUT2D eigenvalue weighted by atomic mass is 35.5. The van der Waals surface area contributed by atoms with Crippen LogP contribution in [0.2, 0.25) is 10.0 Å². The van der Waals surface area contributed by atoms with Crippen molar-refractivity contribution in [3.8, 4) is 0 Å². The molecule has 2 unspecified atom stereocenters. The van der Waals surface area contributed by atoms with Gasteiger partial charge in [0.2, 0.25) is 10.0 Å². The molecule has 0 bridgehead atoms. The van der Waals surface area contributed by atoms with Crippen LogP contribution in [-0.4, -0.2) is 14.5 Å². The number of hydrogen-bond donors (Lipinski definition) is 2. The van der Waals surface area contributed by atoms with Crippen LogP contribution in [0.25, 0.3) is 0 Å². The average molecular weight is 351 g/mol. The fourth-order valence-corrected chi connectivity index (χ4v) is 5.37. The van der Waals surface area contributed by atoms with Crippen molar-refractivity contribution in [3.05, 3.63) is 22.2 Å². The molecule has 118 valence electrons. The number of sulfonamides is 1. The van der Waals surface area contributed by atoms with E-state index >= 15 is 0 Å². The van der Waals surface area contributed by atoms with E-state index in [9.17, 15) is 8.42 Å². The van der Waals surface area contributed by atoms with Crippen LogP contribution < -0.4 is 10.5 Å². The highest BCUT2D eigenvalue weighted by Crippen LogP contribution is 2.33. The molecule has 0 amide bonds. The Hall–Kier alpha value is -0.490. The van der Waals surface area contributed by atoms with Crippen LogP contribution in [0.5, 0.6) is 0 Å². The summed E-state index contributed by atoms with van der Waals surface area (Å²) < 4.78 is 27.9. The van der Waals surface area contributed by atoms with Gasteiger partial charge in [0.1, 0.15) is 4.90 Å². The van der Waals surface area contributed by atoms with Crippen molar-refractivity contribution < 1.29 is 8.42 Å². The first-order chi connectivity index (χ1) is 9.81. The van der Waals surface area contributed by atoms with Gasteiger partial charge in [0.25, 0.3) is 0 Å². The van der Waals surface area contributed by atoms with Crippen molar-refractivity contribution >= 4 is 38.9 Å². The summed E-state index contributed by atoms with van der Waals surface area (Å²) in [5.74, 6) is 0.300. The van der Waals surface area contributed by atoms with Crippen molar-refractivity contribution in [1.29, 1.82) is 0 Å². The molecule has 0 radical (unpaired) electrons. The Morgan fingerprint density at radius 2 is 1.71 bits per heavy atom. The molecule has 0 saturated heterocycles. The van der Waals surface area contributed by atoms with Crippen LogP contribution >= 0.6 is 23.2 Å². The van der Waals surface area contributed by atoms with Gasteiger partial charge in [-0.05, 0) is 30.9 Å². The van der Waals surface area contributed by atoms with Crippen LogP contribution in [0.1, 0.15) is 39.0 Å². The molecule has 0 aromatic heterocycles. The summed E-state index contributed by atoms with van der Waals surface area (Å²) in [6.07, 6.45) is 5.18. The molecule has 7 heteroatoms. The molecule has 1 aliphatic carbocycles. The lowest BCUT2D eigenvalue weighted by Crippen LogP contribution is -2.39. The number of hydrogen-bond acceptors (Lipinski definition) is 3. The van der Waals surface area contributed by atoms with E-state index in [-0.39, 0.29) is 21.0 Å². The monoisotopic (exact) mass is 350 g/mol. The van der Waals surface area contributed by atoms with Crippen LogP contribution in [0.15, 0.2) is 17.0 Å². The van der Waals surface area contributed by atoms with E-state index < -0.39 is 10.0 Å². The van der Waals surface area contributed by atoms with E-state index in [0.29, 0.717) is 11.6 Å². The molecule has 0 spiro atoms. The summed E-state index contributed by atoms with van der Waals surface area (Å²) in [6, 6.07) is 2.72. The van der Waals surface area contributed by atoms with E-state index in [2.05, 4.69) is 11.6 Å². The van der Waals surface area contributed by atoms with Gasteiger partial charge in [-0.15, -0.1) is 0 Å². The van der Waals surface area contributed by atoms with Crippen LogP contribution in [0.4, 0.5) is 5.69 Å². The minimum Gasteiger partial charge on any atom is -0.399 e. The lowest BCUT2D eigenvalue weighted by molar-refractivity contribution is 0.399. The predicted octanol–water partition coefficient (Wildman–Crippen LogP) is 3.82. The van der Waals surface area contributed by atoms with E-state index in [4.69, 9.17) is 28.9 Å². The van der Waals surface area contributed by atoms with Crippen molar-refractivity contribution in [1.82, 2.24) is 4.72 Å². The Labute approximate surface area is 136 Å². The molecule has 3 N–H and O–H groups in total. The molecular formula is C14H20Cl2N2O2S. The molecule has 1 saturated carbocycles. The van der Waals surface area contributed by atoms with Gasteiger partial charge in [-0.3, -0.25) is 0 Å². The second-order valence-corrected chi connectivity index (χ2v) is 8.12. The van der Waals surface area contributed by atoms with Gasteiger partial charge in [0.15, 0.2) is 0 Å². The molecule has 1 aromatic rings. The molecule has 1 aliphatic rings. The minimum absolute atomic E-state index is 0.0498. The van der Waals surface area contributed by atoms with E-state index in [1.165, 1.54) is 12.1 Å². The molecule has 1 aromatic carbocycles. The van der Waals surface area contributed by atoms with Crippen molar-refractivity contribution in [3.63, 3.8) is 0 Å². The second-order valence-electron chi connectivity index (χ2n) is 5.66. The zero-order chi connectivity index (χ0) is 15.6. The fraction of sp³-hybridized carbons (Fsp3) is 0.571. The Morgan fingerprint density at radius 1 is 1.14 bits per heavy atom. The third kappa shape index (κ3) is 4.03. The Bertz CT molecular complexity index is 596. The number of rotatable bonds is 3. The third-order valence-electron chi connectivity index (χ3n) is 3.96. The first-order valence-electron chi connectivity index (χ1n) is 7.08. The maximum atomic E-state index is 12.6. The smallest absolute Gasteiger partial charge is 0.243 e. The summed E-state index contributed by atoms with van der Waals surface area (Å²) in [6.45, 7) is 2.07. The fourth-order valence-electron chi connectivity index (χ4n) is 2.76. The van der Waals surface area contributed by atoms with E-state index in [0.717, 1.165) is 32.1 Å². The van der Waals surface area contributed by atoms with Gasteiger partial charge in [0, 0.05) is 11.7 Å². The summed E-state index contributed by atoms with van der Waals surface area (Å²) in [7, 11) is -3.76. The molecule has 0 heterocycles. The average Bonchev–Trinajstić information content (AvgIpc) is 2.52. The van der Waals surface area contributed by atoms with E-state index in [1.807, 2.05) is 0 Å². The quantitative estimate of drug-likeness (QED) is 0.642. The second kappa shape index (κ2) is 6.73. The number of anilines is 1. The number of halogens is 2. The summed E-state index contributed by atoms with van der Waals surface area (Å²) in [5, 5.41) is 0.0996. The minimum atomic E-state index is -3.76. The molecular weight excluding hydrogens is 331 g/mol. The highest BCUT2D eigenvalue weighted by Gasteiger charge is 2.29. The first kappa shape index (κ1) is 16.9. The van der Waals surface area contributed by atoms with Crippen LogP contribution in [0, 0.1) is 5.92 Å². The molecule has 0 aliphatic heterocycles. The van der Waals surface area contributed by atoms with Crippen LogP contribution in [0.3, 0.4) is 0 Å². The first-order valence-corrected chi connectivity index (χ1v) is 9.32. The van der Waals surface area contributed by atoms with Crippen LogP contribution in [-0.2, 0) is 10.0 Å². The van der Waals surface area contributed by atoms with Crippen molar-refractivity contribution in [2.45, 2.75) is 50.0 Å². The van der Waals surface area contributed by atoms with Crippen molar-refractivity contribution in [2.75, 3.05) is 5.73 Å². The zero-order valence-electron chi connectivity index (χ0n) is 11.9. The van der Waals surface area contributed by atoms with Crippen molar-refractivity contribution in [2.24, 2.45) is 5.92 Å². The summed E-state index contributed by atoms with van der Waals surface area (Å²) >= 11 is 12.0. The predicted molar refractivity (Wildman–Crippen MR) is 87.2 cm³/mol. The Balaban J connectivity index is 2.30. The standard InChI is InChI=1S/C14H20Cl2N2O2S/c1-9-5-3-2-4-6-13(9)18-21(19,20)14-11(15)7-10(17)8-12(14)16/h7-9,13,18H,2-6,17H2,1H3. The number of nitrogens with two attached hydrogens (primary N) is 1.